The van der Waals surface area contributed by atoms with Gasteiger partial charge in [-0.15, -0.1) is 0 Å². The van der Waals surface area contributed by atoms with E-state index in [1.54, 1.807) is 38.7 Å². The van der Waals surface area contributed by atoms with Crippen LogP contribution in [-0.2, 0) is 4.79 Å². The fraction of sp³-hybridized carbons (Fsp3) is 0.235. The summed E-state index contributed by atoms with van der Waals surface area (Å²) >= 11 is 0. The Hall–Kier alpha value is -2.69. The molecule has 116 valence electrons. The Labute approximate surface area is 129 Å². The molecular formula is C17H19NO4. The molecule has 0 bridgehead atoms. The zero-order chi connectivity index (χ0) is 15.9. The normalized spacial score (nSPS) is 12.1. The van der Waals surface area contributed by atoms with E-state index in [9.17, 15) is 4.79 Å². The van der Waals surface area contributed by atoms with Gasteiger partial charge in [0.2, 0.25) is 5.91 Å². The van der Waals surface area contributed by atoms with Crippen molar-refractivity contribution in [3.63, 3.8) is 0 Å². The molecule has 22 heavy (non-hydrogen) atoms. The maximum atomic E-state index is 11.9. The molecule has 0 radical (unpaired) electrons. The Balaban J connectivity index is 2.02. The summed E-state index contributed by atoms with van der Waals surface area (Å²) in [6.07, 6.45) is 4.62. The van der Waals surface area contributed by atoms with Crippen LogP contribution in [0.25, 0.3) is 6.08 Å². The molecule has 0 saturated carbocycles. The van der Waals surface area contributed by atoms with Crippen LogP contribution in [0.4, 0.5) is 0 Å². The molecule has 0 saturated heterocycles. The maximum Gasteiger partial charge on any atom is 0.244 e. The predicted octanol–water partition coefficient (Wildman–Crippen LogP) is 3.19. The first-order valence-electron chi connectivity index (χ1n) is 6.88. The zero-order valence-electron chi connectivity index (χ0n) is 12.8. The highest BCUT2D eigenvalue weighted by Crippen LogP contribution is 2.29. The maximum absolute atomic E-state index is 11.9. The molecule has 1 heterocycles. The van der Waals surface area contributed by atoms with Crippen molar-refractivity contribution in [3.8, 4) is 11.5 Å². The molecule has 1 aromatic carbocycles. The van der Waals surface area contributed by atoms with Crippen LogP contribution in [0.5, 0.6) is 11.5 Å². The van der Waals surface area contributed by atoms with Gasteiger partial charge in [0.05, 0.1) is 26.5 Å². The van der Waals surface area contributed by atoms with Crippen LogP contribution in [0.15, 0.2) is 47.1 Å². The number of ether oxygens (including phenoxy) is 2. The van der Waals surface area contributed by atoms with Crippen molar-refractivity contribution in [1.29, 1.82) is 0 Å². The van der Waals surface area contributed by atoms with E-state index < -0.39 is 0 Å². The van der Waals surface area contributed by atoms with Gasteiger partial charge in [0.1, 0.15) is 5.76 Å². The number of rotatable bonds is 6. The average Bonchev–Trinajstić information content (AvgIpc) is 3.05. The molecule has 2 rings (SSSR count). The first-order chi connectivity index (χ1) is 10.6. The molecule has 0 aliphatic rings. The Kier molecular flexibility index (Phi) is 5.25. The van der Waals surface area contributed by atoms with E-state index in [0.717, 1.165) is 5.56 Å². The number of amides is 1. The van der Waals surface area contributed by atoms with Gasteiger partial charge in [-0.3, -0.25) is 4.79 Å². The Bertz CT molecular complexity index is 647. The second-order valence-corrected chi connectivity index (χ2v) is 4.69. The highest BCUT2D eigenvalue weighted by Gasteiger charge is 2.11. The second kappa shape index (κ2) is 7.36. The number of furan rings is 1. The number of nitrogens with one attached hydrogen (secondary N) is 1. The molecule has 0 aliphatic heterocycles. The Morgan fingerprint density at radius 3 is 2.64 bits per heavy atom. The van der Waals surface area contributed by atoms with Crippen LogP contribution < -0.4 is 14.8 Å². The van der Waals surface area contributed by atoms with Crippen LogP contribution in [0.1, 0.15) is 24.3 Å². The largest absolute Gasteiger partial charge is 0.493 e. The molecular weight excluding hydrogens is 282 g/mol. The molecule has 0 fully saturated rings. The minimum atomic E-state index is -0.196. The summed E-state index contributed by atoms with van der Waals surface area (Å²) in [6.45, 7) is 1.90. The summed E-state index contributed by atoms with van der Waals surface area (Å²) < 4.78 is 15.6. The fourth-order valence-electron chi connectivity index (χ4n) is 2.01. The summed E-state index contributed by atoms with van der Waals surface area (Å²) in [5, 5.41) is 2.88. The van der Waals surface area contributed by atoms with Crippen molar-refractivity contribution in [3.05, 3.63) is 54.0 Å². The average molecular weight is 301 g/mol. The molecule has 5 nitrogen and oxygen atoms in total. The third-order valence-corrected chi connectivity index (χ3v) is 3.21. The number of hydrogen-bond acceptors (Lipinski definition) is 4. The van der Waals surface area contributed by atoms with Gasteiger partial charge in [-0.25, -0.2) is 0 Å². The molecule has 1 atom stereocenters. The quantitative estimate of drug-likeness (QED) is 0.832. The van der Waals surface area contributed by atoms with E-state index in [1.807, 2.05) is 25.1 Å². The molecule has 1 aromatic heterocycles. The van der Waals surface area contributed by atoms with Crippen molar-refractivity contribution < 1.29 is 18.7 Å². The highest BCUT2D eigenvalue weighted by molar-refractivity contribution is 5.91. The lowest BCUT2D eigenvalue weighted by atomic mass is 10.1. The third kappa shape index (κ3) is 3.91. The summed E-state index contributed by atoms with van der Waals surface area (Å²) in [6, 6.07) is 8.94. The van der Waals surface area contributed by atoms with E-state index in [-0.39, 0.29) is 11.9 Å². The van der Waals surface area contributed by atoms with Crippen molar-refractivity contribution in [2.75, 3.05) is 14.2 Å². The van der Waals surface area contributed by atoms with Gasteiger partial charge in [-0.1, -0.05) is 6.07 Å². The van der Waals surface area contributed by atoms with E-state index in [0.29, 0.717) is 17.3 Å². The van der Waals surface area contributed by atoms with Crippen LogP contribution >= 0.6 is 0 Å². The topological polar surface area (TPSA) is 60.7 Å². The highest BCUT2D eigenvalue weighted by atomic mass is 16.5. The molecule has 0 spiro atoms. The Morgan fingerprint density at radius 2 is 2.00 bits per heavy atom. The minimum Gasteiger partial charge on any atom is -0.493 e. The van der Waals surface area contributed by atoms with Crippen LogP contribution in [0.2, 0.25) is 0 Å². The SMILES string of the molecule is COc1ccc(C(C)NC(=O)/C=C/c2ccco2)cc1OC. The van der Waals surface area contributed by atoms with Gasteiger partial charge >= 0.3 is 0 Å². The van der Waals surface area contributed by atoms with Crippen LogP contribution in [0, 0.1) is 0 Å². The third-order valence-electron chi connectivity index (χ3n) is 3.21. The van der Waals surface area contributed by atoms with Crippen molar-refractivity contribution in [1.82, 2.24) is 5.32 Å². The molecule has 1 unspecified atom stereocenters. The second-order valence-electron chi connectivity index (χ2n) is 4.69. The van der Waals surface area contributed by atoms with Gasteiger partial charge in [-0.2, -0.15) is 0 Å². The lowest BCUT2D eigenvalue weighted by Crippen LogP contribution is -2.24. The van der Waals surface area contributed by atoms with Crippen LogP contribution in [-0.4, -0.2) is 20.1 Å². The molecule has 0 aliphatic carbocycles. The molecule has 2 aromatic rings. The number of benzene rings is 1. The standard InChI is InChI=1S/C17H19NO4/c1-12(13-6-8-15(20-2)16(11-13)21-3)18-17(19)9-7-14-5-4-10-22-14/h4-12H,1-3H3,(H,18,19)/b9-7+. The van der Waals surface area contributed by atoms with Gasteiger partial charge in [0.15, 0.2) is 11.5 Å². The van der Waals surface area contributed by atoms with Gasteiger partial charge < -0.3 is 19.2 Å². The van der Waals surface area contributed by atoms with Crippen molar-refractivity contribution >= 4 is 12.0 Å². The van der Waals surface area contributed by atoms with Crippen LogP contribution in [0.3, 0.4) is 0 Å². The van der Waals surface area contributed by atoms with E-state index in [2.05, 4.69) is 5.32 Å². The van der Waals surface area contributed by atoms with E-state index in [1.165, 1.54) is 6.08 Å². The van der Waals surface area contributed by atoms with Crippen molar-refractivity contribution in [2.24, 2.45) is 0 Å². The number of carbonyl (C=O) groups is 1. The fourth-order valence-corrected chi connectivity index (χ4v) is 2.01. The van der Waals surface area contributed by atoms with E-state index >= 15 is 0 Å². The lowest BCUT2D eigenvalue weighted by molar-refractivity contribution is -0.117. The summed E-state index contributed by atoms with van der Waals surface area (Å²) in [7, 11) is 3.17. The van der Waals surface area contributed by atoms with Gasteiger partial charge in [0, 0.05) is 6.08 Å². The summed E-state index contributed by atoms with van der Waals surface area (Å²) in [5.41, 5.74) is 0.928. The van der Waals surface area contributed by atoms with Crippen molar-refractivity contribution in [2.45, 2.75) is 13.0 Å². The number of methoxy groups -OCH3 is 2. The molecule has 1 amide bonds. The van der Waals surface area contributed by atoms with Gasteiger partial charge in [-0.05, 0) is 42.8 Å². The molecule has 5 heteroatoms. The summed E-state index contributed by atoms with van der Waals surface area (Å²) in [4.78, 5) is 11.9. The molecule has 1 N–H and O–H groups in total. The zero-order valence-corrected chi connectivity index (χ0v) is 12.8. The van der Waals surface area contributed by atoms with E-state index in [4.69, 9.17) is 13.9 Å². The number of carbonyl (C=O) groups excluding carboxylic acids is 1. The van der Waals surface area contributed by atoms with Gasteiger partial charge in [0.25, 0.3) is 0 Å². The summed E-state index contributed by atoms with van der Waals surface area (Å²) in [5.74, 6) is 1.72. The predicted molar refractivity (Wildman–Crippen MR) is 83.8 cm³/mol. The monoisotopic (exact) mass is 301 g/mol. The minimum absolute atomic E-state index is 0.159. The first kappa shape index (κ1) is 15.7. The number of hydrogen-bond donors (Lipinski definition) is 1. The lowest BCUT2D eigenvalue weighted by Gasteiger charge is -2.15. The Morgan fingerprint density at radius 1 is 1.23 bits per heavy atom. The first-order valence-corrected chi connectivity index (χ1v) is 6.88. The smallest absolute Gasteiger partial charge is 0.244 e.